The van der Waals surface area contributed by atoms with E-state index in [1.54, 1.807) is 0 Å². The van der Waals surface area contributed by atoms with Crippen molar-refractivity contribution in [3.05, 3.63) is 78.9 Å². The Morgan fingerprint density at radius 1 is 0.964 bits per heavy atom. The molecule has 0 aliphatic carbocycles. The van der Waals surface area contributed by atoms with Crippen LogP contribution in [-0.4, -0.2) is 16.6 Å². The molecule has 0 aliphatic heterocycles. The quantitative estimate of drug-likeness (QED) is 0.376. The second-order valence-electron chi connectivity index (χ2n) is 6.28. The van der Waals surface area contributed by atoms with Crippen LogP contribution in [0.2, 0.25) is 0 Å². The summed E-state index contributed by atoms with van der Waals surface area (Å²) in [5, 5.41) is 3.87. The predicted molar refractivity (Wildman–Crippen MR) is 112 cm³/mol. The van der Waals surface area contributed by atoms with Crippen molar-refractivity contribution in [1.29, 1.82) is 0 Å². The van der Waals surface area contributed by atoms with E-state index in [1.165, 1.54) is 11.8 Å². The fourth-order valence-electron chi connectivity index (χ4n) is 2.88. The van der Waals surface area contributed by atoms with Crippen LogP contribution in [-0.2, 0) is 11.8 Å². The van der Waals surface area contributed by atoms with Gasteiger partial charge in [-0.2, -0.15) is 0 Å². The van der Waals surface area contributed by atoms with Crippen LogP contribution in [0.3, 0.4) is 0 Å². The average Bonchev–Trinajstić information content (AvgIpc) is 3.05. The van der Waals surface area contributed by atoms with Crippen molar-refractivity contribution in [3.63, 3.8) is 0 Å². The van der Waals surface area contributed by atoms with Crippen LogP contribution < -0.4 is 14.6 Å². The van der Waals surface area contributed by atoms with Crippen LogP contribution >= 0.6 is 11.8 Å². The van der Waals surface area contributed by atoms with Gasteiger partial charge < -0.3 is 10.1 Å². The Labute approximate surface area is 167 Å². The maximum absolute atomic E-state index is 12.3. The molecule has 140 valence electrons. The SMILES string of the molecule is C[n+]1c(SCC(=O)Nc2ccc(Oc3ccccc3)cc2)[nH]c2ccccc21. The summed E-state index contributed by atoms with van der Waals surface area (Å²) in [6.45, 7) is 0. The number of anilines is 1. The number of para-hydroxylation sites is 3. The number of nitrogens with zero attached hydrogens (tertiary/aromatic N) is 1. The van der Waals surface area contributed by atoms with Gasteiger partial charge in [0.05, 0.1) is 12.8 Å². The van der Waals surface area contributed by atoms with Crippen molar-refractivity contribution in [2.75, 3.05) is 11.1 Å². The van der Waals surface area contributed by atoms with Gasteiger partial charge in [-0.05, 0) is 60.3 Å². The Morgan fingerprint density at radius 2 is 1.64 bits per heavy atom. The molecule has 0 unspecified atom stereocenters. The minimum atomic E-state index is -0.0552. The van der Waals surface area contributed by atoms with E-state index < -0.39 is 0 Å². The standard InChI is InChI=1S/C22H19N3O2S/c1-25-20-10-6-5-9-19(20)24-22(25)28-15-21(26)23-16-11-13-18(14-12-16)27-17-7-3-2-4-8-17/h2-14H,15H2,1H3,(H,23,26)/p+1. The molecule has 3 aromatic carbocycles. The monoisotopic (exact) mass is 390 g/mol. The number of aromatic amines is 1. The summed E-state index contributed by atoms with van der Waals surface area (Å²) in [4.78, 5) is 15.6. The third-order valence-corrected chi connectivity index (χ3v) is 5.32. The first-order chi connectivity index (χ1) is 13.7. The summed E-state index contributed by atoms with van der Waals surface area (Å²) in [5.41, 5.74) is 2.91. The molecule has 6 heteroatoms. The molecule has 0 radical (unpaired) electrons. The zero-order valence-corrected chi connectivity index (χ0v) is 16.2. The first kappa shape index (κ1) is 18.1. The molecule has 0 fully saturated rings. The highest BCUT2D eigenvalue weighted by atomic mass is 32.2. The van der Waals surface area contributed by atoms with E-state index in [0.717, 1.165) is 33.4 Å². The van der Waals surface area contributed by atoms with Crippen LogP contribution in [0.5, 0.6) is 11.5 Å². The lowest BCUT2D eigenvalue weighted by atomic mass is 10.3. The number of imidazole rings is 1. The van der Waals surface area contributed by atoms with Gasteiger partial charge in [-0.3, -0.25) is 4.79 Å². The maximum Gasteiger partial charge on any atom is 0.317 e. The number of carbonyl (C=O) groups excluding carboxylic acids is 1. The molecule has 0 saturated carbocycles. The van der Waals surface area contributed by atoms with Crippen LogP contribution in [0.4, 0.5) is 5.69 Å². The summed E-state index contributed by atoms with van der Waals surface area (Å²) < 4.78 is 7.82. The first-order valence-electron chi connectivity index (χ1n) is 8.91. The number of benzene rings is 3. The van der Waals surface area contributed by atoms with E-state index in [-0.39, 0.29) is 5.91 Å². The number of amides is 1. The third kappa shape index (κ3) is 4.18. The molecule has 0 atom stereocenters. The molecule has 4 aromatic rings. The summed E-state index contributed by atoms with van der Waals surface area (Å²) in [7, 11) is 1.99. The number of rotatable bonds is 6. The van der Waals surface area contributed by atoms with Crippen LogP contribution in [0.1, 0.15) is 0 Å². The van der Waals surface area contributed by atoms with Crippen molar-refractivity contribution in [3.8, 4) is 11.5 Å². The van der Waals surface area contributed by atoms with E-state index in [2.05, 4.69) is 20.9 Å². The lowest BCUT2D eigenvalue weighted by molar-refractivity contribution is -0.683. The van der Waals surface area contributed by atoms with E-state index in [4.69, 9.17) is 4.74 Å². The van der Waals surface area contributed by atoms with Gasteiger partial charge in [0, 0.05) is 5.69 Å². The molecule has 1 amide bonds. The lowest BCUT2D eigenvalue weighted by Gasteiger charge is -2.07. The number of H-pyrrole nitrogens is 1. The zero-order valence-electron chi connectivity index (χ0n) is 15.4. The number of thioether (sulfide) groups is 1. The number of carbonyl (C=O) groups is 1. The minimum Gasteiger partial charge on any atom is -0.457 e. The molecule has 0 saturated heterocycles. The third-order valence-electron chi connectivity index (χ3n) is 4.27. The highest BCUT2D eigenvalue weighted by molar-refractivity contribution is 7.99. The van der Waals surface area contributed by atoms with Gasteiger partial charge in [0.15, 0.2) is 11.0 Å². The Morgan fingerprint density at radius 3 is 2.39 bits per heavy atom. The van der Waals surface area contributed by atoms with Crippen molar-refractivity contribution in [2.45, 2.75) is 5.16 Å². The predicted octanol–water partition coefficient (Wildman–Crippen LogP) is 4.52. The Hall–Kier alpha value is -3.25. The van der Waals surface area contributed by atoms with Crippen molar-refractivity contribution in [2.24, 2.45) is 7.05 Å². The number of ether oxygens (including phenoxy) is 1. The lowest BCUT2D eigenvalue weighted by Crippen LogP contribution is -2.29. The molecular formula is C22H20N3O2S+. The van der Waals surface area contributed by atoms with Gasteiger partial charge in [0.25, 0.3) is 0 Å². The zero-order chi connectivity index (χ0) is 19.3. The van der Waals surface area contributed by atoms with Gasteiger partial charge in [-0.25, -0.2) is 9.55 Å². The summed E-state index contributed by atoms with van der Waals surface area (Å²) in [5.74, 6) is 1.77. The number of hydrogen-bond acceptors (Lipinski definition) is 3. The van der Waals surface area contributed by atoms with E-state index in [0.29, 0.717) is 5.75 Å². The van der Waals surface area contributed by atoms with Gasteiger partial charge in [-0.1, -0.05) is 30.3 Å². The summed E-state index contributed by atoms with van der Waals surface area (Å²) in [6.07, 6.45) is 0. The van der Waals surface area contributed by atoms with Gasteiger partial charge in [0.2, 0.25) is 5.91 Å². The van der Waals surface area contributed by atoms with Crippen molar-refractivity contribution in [1.82, 2.24) is 4.98 Å². The Kier molecular flexibility index (Phi) is 5.30. The number of aryl methyl sites for hydroxylation is 1. The van der Waals surface area contributed by atoms with Gasteiger partial charge >= 0.3 is 5.16 Å². The van der Waals surface area contributed by atoms with Gasteiger partial charge in [0.1, 0.15) is 11.5 Å². The normalized spacial score (nSPS) is 10.8. The van der Waals surface area contributed by atoms with E-state index >= 15 is 0 Å². The number of nitrogens with one attached hydrogen (secondary N) is 2. The van der Waals surface area contributed by atoms with Crippen LogP contribution in [0, 0.1) is 0 Å². The maximum atomic E-state index is 12.3. The average molecular weight is 390 g/mol. The smallest absolute Gasteiger partial charge is 0.317 e. The Bertz CT molecular complexity index is 1090. The molecule has 4 rings (SSSR count). The number of aromatic nitrogens is 2. The van der Waals surface area contributed by atoms with Crippen molar-refractivity contribution >= 4 is 34.4 Å². The number of hydrogen-bond donors (Lipinski definition) is 2. The van der Waals surface area contributed by atoms with Crippen LogP contribution in [0.15, 0.2) is 84.0 Å². The van der Waals surface area contributed by atoms with E-state index in [9.17, 15) is 4.79 Å². The molecule has 5 nitrogen and oxygen atoms in total. The molecule has 0 spiro atoms. The summed E-state index contributed by atoms with van der Waals surface area (Å²) in [6, 6.07) is 25.0. The second-order valence-corrected chi connectivity index (χ2v) is 7.25. The second kappa shape index (κ2) is 8.19. The van der Waals surface area contributed by atoms with Crippen molar-refractivity contribution < 1.29 is 14.1 Å². The molecule has 1 aromatic heterocycles. The minimum absolute atomic E-state index is 0.0552. The first-order valence-corrected chi connectivity index (χ1v) is 9.90. The molecular weight excluding hydrogens is 370 g/mol. The molecule has 0 aliphatic rings. The van der Waals surface area contributed by atoms with Crippen LogP contribution in [0.25, 0.3) is 11.0 Å². The summed E-state index contributed by atoms with van der Waals surface area (Å²) >= 11 is 1.48. The molecule has 2 N–H and O–H groups in total. The number of fused-ring (bicyclic) bond motifs is 1. The molecule has 1 heterocycles. The highest BCUT2D eigenvalue weighted by Crippen LogP contribution is 2.23. The fourth-order valence-corrected chi connectivity index (χ4v) is 3.69. The molecule has 0 bridgehead atoms. The topological polar surface area (TPSA) is 58.0 Å². The highest BCUT2D eigenvalue weighted by Gasteiger charge is 2.16. The largest absolute Gasteiger partial charge is 0.457 e. The van der Waals surface area contributed by atoms with Gasteiger partial charge in [-0.15, -0.1) is 0 Å². The molecule has 28 heavy (non-hydrogen) atoms. The van der Waals surface area contributed by atoms with E-state index in [1.807, 2.05) is 79.8 Å². The Balaban J connectivity index is 1.34. The fraction of sp³-hybridized carbons (Fsp3) is 0.0909.